The molecular formula is C13H14N2O5. The Balaban J connectivity index is 2.37. The summed E-state index contributed by atoms with van der Waals surface area (Å²) < 4.78 is 0. The number of nitrogens with zero attached hydrogens (tertiary/aromatic N) is 2. The molecule has 1 saturated heterocycles. The van der Waals surface area contributed by atoms with Gasteiger partial charge < -0.3 is 10.0 Å². The maximum Gasteiger partial charge on any atom is 0.335 e. The molecule has 106 valence electrons. The Bertz CT molecular complexity index is 564. The molecule has 20 heavy (non-hydrogen) atoms. The minimum atomic E-state index is -1.26. The number of hydrogen-bond acceptors (Lipinski definition) is 4. The van der Waals surface area contributed by atoms with Crippen LogP contribution in [0.3, 0.4) is 0 Å². The zero-order valence-corrected chi connectivity index (χ0v) is 10.7. The summed E-state index contributed by atoms with van der Waals surface area (Å²) in [6.07, 6.45) is 2.81. The van der Waals surface area contributed by atoms with Crippen molar-refractivity contribution in [1.82, 2.24) is 4.90 Å². The number of carboxylic acids is 1. The van der Waals surface area contributed by atoms with Crippen molar-refractivity contribution < 1.29 is 19.6 Å². The number of carboxylic acid groups (broad SMARTS) is 1. The van der Waals surface area contributed by atoms with Crippen LogP contribution in [0.2, 0.25) is 0 Å². The van der Waals surface area contributed by atoms with Crippen molar-refractivity contribution in [3.63, 3.8) is 0 Å². The van der Waals surface area contributed by atoms with Crippen LogP contribution in [-0.4, -0.2) is 39.9 Å². The van der Waals surface area contributed by atoms with Gasteiger partial charge in [0.1, 0.15) is 5.56 Å². The molecule has 2 rings (SSSR count). The van der Waals surface area contributed by atoms with E-state index in [1.807, 2.05) is 0 Å². The fourth-order valence-corrected chi connectivity index (χ4v) is 2.26. The molecular weight excluding hydrogens is 264 g/mol. The number of carbonyl (C=O) groups is 2. The summed E-state index contributed by atoms with van der Waals surface area (Å²) in [6.45, 7) is 1.16. The number of benzene rings is 1. The molecule has 0 spiro atoms. The maximum absolute atomic E-state index is 12.3. The lowest BCUT2D eigenvalue weighted by Gasteiger charge is -2.26. The van der Waals surface area contributed by atoms with E-state index in [9.17, 15) is 19.7 Å². The monoisotopic (exact) mass is 278 g/mol. The van der Waals surface area contributed by atoms with E-state index < -0.39 is 22.5 Å². The number of aromatic carboxylic acids is 1. The number of likely N-dealkylation sites (tertiary alicyclic amines) is 1. The van der Waals surface area contributed by atoms with Gasteiger partial charge in [-0.2, -0.15) is 0 Å². The Morgan fingerprint density at radius 3 is 2.40 bits per heavy atom. The highest BCUT2D eigenvalue weighted by atomic mass is 16.6. The van der Waals surface area contributed by atoms with Gasteiger partial charge in [0.15, 0.2) is 0 Å². The van der Waals surface area contributed by atoms with E-state index in [4.69, 9.17) is 5.11 Å². The van der Waals surface area contributed by atoms with Crippen LogP contribution in [0.5, 0.6) is 0 Å². The van der Waals surface area contributed by atoms with Crippen molar-refractivity contribution >= 4 is 17.6 Å². The standard InChI is InChI=1S/C13H14N2O5/c16-12(14-6-2-1-3-7-14)10-5-4-9(13(17)18)8-11(10)15(19)20/h4-5,8H,1-3,6-7H2,(H,17,18). The van der Waals surface area contributed by atoms with Gasteiger partial charge in [-0.3, -0.25) is 14.9 Å². The Morgan fingerprint density at radius 2 is 1.85 bits per heavy atom. The topological polar surface area (TPSA) is 101 Å². The third-order valence-electron chi connectivity index (χ3n) is 3.32. The van der Waals surface area contributed by atoms with Crippen molar-refractivity contribution in [1.29, 1.82) is 0 Å². The van der Waals surface area contributed by atoms with Crippen molar-refractivity contribution in [2.24, 2.45) is 0 Å². The highest BCUT2D eigenvalue weighted by molar-refractivity contribution is 6.00. The van der Waals surface area contributed by atoms with E-state index >= 15 is 0 Å². The molecule has 1 aliphatic heterocycles. The smallest absolute Gasteiger partial charge is 0.335 e. The van der Waals surface area contributed by atoms with E-state index in [-0.39, 0.29) is 11.1 Å². The number of hydrogen-bond donors (Lipinski definition) is 1. The molecule has 0 aromatic heterocycles. The molecule has 0 unspecified atom stereocenters. The molecule has 7 heteroatoms. The minimum absolute atomic E-state index is 0.0538. The van der Waals surface area contributed by atoms with Gasteiger partial charge in [-0.05, 0) is 31.4 Å². The lowest BCUT2D eigenvalue weighted by atomic mass is 10.1. The summed E-state index contributed by atoms with van der Waals surface area (Å²) in [5, 5.41) is 19.9. The molecule has 0 aliphatic carbocycles. The van der Waals surface area contributed by atoms with Gasteiger partial charge in [-0.25, -0.2) is 4.79 Å². The number of piperidine rings is 1. The summed E-state index contributed by atoms with van der Waals surface area (Å²) in [4.78, 5) is 35.0. The van der Waals surface area contributed by atoms with Gasteiger partial charge in [0.2, 0.25) is 0 Å². The second kappa shape index (κ2) is 5.68. The van der Waals surface area contributed by atoms with E-state index in [2.05, 4.69) is 0 Å². The largest absolute Gasteiger partial charge is 0.478 e. The predicted molar refractivity (Wildman–Crippen MR) is 69.8 cm³/mol. The van der Waals surface area contributed by atoms with Crippen LogP contribution in [0, 0.1) is 10.1 Å². The first kappa shape index (κ1) is 14.0. The van der Waals surface area contributed by atoms with E-state index in [0.717, 1.165) is 25.3 Å². The quantitative estimate of drug-likeness (QED) is 0.672. The Hall–Kier alpha value is -2.44. The molecule has 1 aromatic carbocycles. The SMILES string of the molecule is O=C(O)c1ccc(C(=O)N2CCCCC2)c([N+](=O)[O-])c1. The van der Waals surface area contributed by atoms with Gasteiger partial charge in [-0.15, -0.1) is 0 Å². The van der Waals surface area contributed by atoms with Gasteiger partial charge in [0.25, 0.3) is 11.6 Å². The first-order valence-electron chi connectivity index (χ1n) is 6.31. The second-order valence-electron chi connectivity index (χ2n) is 4.65. The third kappa shape index (κ3) is 2.76. The fraction of sp³-hybridized carbons (Fsp3) is 0.385. The molecule has 7 nitrogen and oxygen atoms in total. The highest BCUT2D eigenvalue weighted by Crippen LogP contribution is 2.23. The first-order chi connectivity index (χ1) is 9.50. The van der Waals surface area contributed by atoms with Crippen molar-refractivity contribution in [2.75, 3.05) is 13.1 Å². The Morgan fingerprint density at radius 1 is 1.20 bits per heavy atom. The second-order valence-corrected chi connectivity index (χ2v) is 4.65. The minimum Gasteiger partial charge on any atom is -0.478 e. The van der Waals surface area contributed by atoms with Gasteiger partial charge in [0.05, 0.1) is 10.5 Å². The van der Waals surface area contributed by atoms with Crippen LogP contribution in [0.15, 0.2) is 18.2 Å². The molecule has 1 fully saturated rings. The number of rotatable bonds is 3. The summed E-state index contributed by atoms with van der Waals surface area (Å²) >= 11 is 0. The highest BCUT2D eigenvalue weighted by Gasteiger charge is 2.26. The molecule has 0 bridgehead atoms. The molecule has 1 amide bonds. The van der Waals surface area contributed by atoms with Crippen LogP contribution in [-0.2, 0) is 0 Å². The molecule has 0 atom stereocenters. The lowest BCUT2D eigenvalue weighted by Crippen LogP contribution is -2.35. The molecule has 1 aromatic rings. The first-order valence-corrected chi connectivity index (χ1v) is 6.31. The zero-order valence-electron chi connectivity index (χ0n) is 10.7. The summed E-state index contributed by atoms with van der Waals surface area (Å²) in [5.74, 6) is -1.67. The van der Waals surface area contributed by atoms with Gasteiger partial charge in [0, 0.05) is 19.2 Å². The Labute approximate surface area is 115 Å². The zero-order chi connectivity index (χ0) is 14.7. The molecule has 0 radical (unpaired) electrons. The van der Waals surface area contributed by atoms with Crippen LogP contribution in [0.25, 0.3) is 0 Å². The third-order valence-corrected chi connectivity index (χ3v) is 3.32. The maximum atomic E-state index is 12.3. The summed E-state index contributed by atoms with van der Waals surface area (Å²) in [7, 11) is 0. The van der Waals surface area contributed by atoms with Crippen molar-refractivity contribution in [3.05, 3.63) is 39.4 Å². The van der Waals surface area contributed by atoms with Gasteiger partial charge >= 0.3 is 5.97 Å². The van der Waals surface area contributed by atoms with Crippen LogP contribution < -0.4 is 0 Å². The summed E-state index contributed by atoms with van der Waals surface area (Å²) in [5.41, 5.74) is -0.714. The van der Waals surface area contributed by atoms with E-state index in [0.29, 0.717) is 13.1 Å². The molecule has 0 saturated carbocycles. The van der Waals surface area contributed by atoms with Crippen LogP contribution in [0.4, 0.5) is 5.69 Å². The predicted octanol–water partition coefficient (Wildman–Crippen LogP) is 1.92. The molecule has 1 N–H and O–H groups in total. The molecule has 1 heterocycles. The van der Waals surface area contributed by atoms with Crippen molar-refractivity contribution in [2.45, 2.75) is 19.3 Å². The van der Waals surface area contributed by atoms with Crippen LogP contribution in [0.1, 0.15) is 40.0 Å². The number of carbonyl (C=O) groups excluding carboxylic acids is 1. The van der Waals surface area contributed by atoms with Crippen molar-refractivity contribution in [3.8, 4) is 0 Å². The summed E-state index contributed by atoms with van der Waals surface area (Å²) in [6, 6.07) is 3.37. The number of amides is 1. The number of nitro groups is 1. The fourth-order valence-electron chi connectivity index (χ4n) is 2.26. The van der Waals surface area contributed by atoms with E-state index in [1.54, 1.807) is 4.90 Å². The van der Waals surface area contributed by atoms with Gasteiger partial charge in [-0.1, -0.05) is 0 Å². The number of nitro benzene ring substituents is 1. The van der Waals surface area contributed by atoms with E-state index in [1.165, 1.54) is 12.1 Å². The average molecular weight is 278 g/mol. The lowest BCUT2D eigenvalue weighted by molar-refractivity contribution is -0.385. The Kier molecular flexibility index (Phi) is 3.97. The molecule has 1 aliphatic rings. The van der Waals surface area contributed by atoms with Crippen LogP contribution >= 0.6 is 0 Å². The normalized spacial score (nSPS) is 14.9. The average Bonchev–Trinajstić information content (AvgIpc) is 2.46.